The average molecular weight is 222 g/mol. The van der Waals surface area contributed by atoms with E-state index in [1.54, 1.807) is 11.3 Å². The number of nitrogens with zero attached hydrogens (tertiary/aromatic N) is 2. The number of unbranched alkanes of at least 4 members (excludes halogenated alkanes) is 1. The van der Waals surface area contributed by atoms with Crippen LogP contribution in [0.2, 0.25) is 0 Å². The standard InChI is InChI=1S/C12H18N2S/c1-4-6-7-11(13-8-5-2)12-14-9-10(3)15-12/h5,8-9H,4,6-7H2,1-3H3/b8-5-,13-11?. The number of hydrogen-bond donors (Lipinski definition) is 0. The summed E-state index contributed by atoms with van der Waals surface area (Å²) in [7, 11) is 0. The Kier molecular flexibility index (Phi) is 5.26. The number of rotatable bonds is 5. The van der Waals surface area contributed by atoms with E-state index in [2.05, 4.69) is 23.8 Å². The number of aliphatic imine (C=N–C) groups is 1. The maximum Gasteiger partial charge on any atom is 0.137 e. The zero-order valence-electron chi connectivity index (χ0n) is 9.66. The molecule has 82 valence electrons. The van der Waals surface area contributed by atoms with Crippen molar-refractivity contribution in [2.45, 2.75) is 40.0 Å². The molecule has 0 bridgehead atoms. The first-order valence-electron chi connectivity index (χ1n) is 5.38. The smallest absolute Gasteiger partial charge is 0.137 e. The van der Waals surface area contributed by atoms with Gasteiger partial charge in [0, 0.05) is 17.3 Å². The zero-order chi connectivity index (χ0) is 11.1. The average Bonchev–Trinajstić information content (AvgIpc) is 2.65. The van der Waals surface area contributed by atoms with Crippen LogP contribution in [0.15, 0.2) is 23.5 Å². The fourth-order valence-electron chi connectivity index (χ4n) is 1.22. The molecule has 0 atom stereocenters. The molecular formula is C12H18N2S. The first kappa shape index (κ1) is 12.1. The minimum Gasteiger partial charge on any atom is -0.259 e. The lowest BCUT2D eigenvalue weighted by molar-refractivity contribution is 0.834. The lowest BCUT2D eigenvalue weighted by atomic mass is 10.2. The highest BCUT2D eigenvalue weighted by molar-refractivity contribution is 7.13. The second-order valence-electron chi connectivity index (χ2n) is 3.44. The fourth-order valence-corrected chi connectivity index (χ4v) is 2.01. The van der Waals surface area contributed by atoms with Crippen LogP contribution < -0.4 is 0 Å². The van der Waals surface area contributed by atoms with Gasteiger partial charge in [-0.1, -0.05) is 19.4 Å². The Morgan fingerprint density at radius 2 is 2.40 bits per heavy atom. The van der Waals surface area contributed by atoms with Gasteiger partial charge >= 0.3 is 0 Å². The third kappa shape index (κ3) is 3.96. The van der Waals surface area contributed by atoms with Crippen LogP contribution in [0.5, 0.6) is 0 Å². The van der Waals surface area contributed by atoms with Crippen molar-refractivity contribution in [2.24, 2.45) is 4.99 Å². The highest BCUT2D eigenvalue weighted by Gasteiger charge is 2.06. The van der Waals surface area contributed by atoms with Gasteiger partial charge in [-0.05, 0) is 26.7 Å². The largest absolute Gasteiger partial charge is 0.259 e. The third-order valence-corrected chi connectivity index (χ3v) is 2.98. The molecule has 1 aromatic heterocycles. The first-order chi connectivity index (χ1) is 7.27. The SMILES string of the molecule is C/C=C\N=C(CCCC)c1ncc(C)s1. The summed E-state index contributed by atoms with van der Waals surface area (Å²) in [4.78, 5) is 10.1. The minimum atomic E-state index is 1.02. The molecule has 0 radical (unpaired) electrons. The highest BCUT2D eigenvalue weighted by Crippen LogP contribution is 2.15. The Hall–Kier alpha value is -0.960. The van der Waals surface area contributed by atoms with Crippen LogP contribution in [0, 0.1) is 6.92 Å². The molecule has 1 aromatic rings. The second kappa shape index (κ2) is 6.51. The number of thiazole rings is 1. The molecule has 0 aromatic carbocycles. The van der Waals surface area contributed by atoms with Crippen LogP contribution in [0.1, 0.15) is 43.0 Å². The van der Waals surface area contributed by atoms with Crippen LogP contribution in [-0.2, 0) is 0 Å². The predicted molar refractivity (Wildman–Crippen MR) is 67.7 cm³/mol. The van der Waals surface area contributed by atoms with Crippen LogP contribution in [0.4, 0.5) is 0 Å². The Morgan fingerprint density at radius 1 is 1.60 bits per heavy atom. The maximum atomic E-state index is 4.45. The predicted octanol–water partition coefficient (Wildman–Crippen LogP) is 3.96. The minimum absolute atomic E-state index is 1.02. The number of hydrogen-bond acceptors (Lipinski definition) is 3. The van der Waals surface area contributed by atoms with Crippen LogP contribution in [-0.4, -0.2) is 10.7 Å². The summed E-state index contributed by atoms with van der Waals surface area (Å²) in [5.41, 5.74) is 1.12. The van der Waals surface area contributed by atoms with E-state index in [0.29, 0.717) is 0 Å². The first-order valence-corrected chi connectivity index (χ1v) is 6.20. The van der Waals surface area contributed by atoms with Crippen molar-refractivity contribution < 1.29 is 0 Å². The number of aryl methyl sites for hydroxylation is 1. The Balaban J connectivity index is 2.80. The fraction of sp³-hybridized carbons (Fsp3) is 0.500. The Morgan fingerprint density at radius 3 is 2.93 bits per heavy atom. The van der Waals surface area contributed by atoms with Crippen molar-refractivity contribution in [2.75, 3.05) is 0 Å². The van der Waals surface area contributed by atoms with Gasteiger partial charge in [-0.3, -0.25) is 4.99 Å². The van der Waals surface area contributed by atoms with Gasteiger partial charge < -0.3 is 0 Å². The Bertz CT molecular complexity index is 350. The summed E-state index contributed by atoms with van der Waals surface area (Å²) in [6.07, 6.45) is 9.10. The van der Waals surface area contributed by atoms with E-state index in [1.807, 2.05) is 25.4 Å². The molecule has 3 heteroatoms. The van der Waals surface area contributed by atoms with Gasteiger partial charge in [0.25, 0.3) is 0 Å². The summed E-state index contributed by atoms with van der Waals surface area (Å²) in [5, 5.41) is 1.07. The molecule has 0 aliphatic rings. The second-order valence-corrected chi connectivity index (χ2v) is 4.67. The molecule has 0 fully saturated rings. The normalized spacial score (nSPS) is 12.6. The quantitative estimate of drug-likeness (QED) is 0.692. The van der Waals surface area contributed by atoms with E-state index in [0.717, 1.165) is 17.1 Å². The number of allylic oxidation sites excluding steroid dienone is 1. The molecule has 0 spiro atoms. The summed E-state index contributed by atoms with van der Waals surface area (Å²) < 4.78 is 0. The van der Waals surface area contributed by atoms with Gasteiger partial charge in [0.2, 0.25) is 0 Å². The van der Waals surface area contributed by atoms with Gasteiger partial charge in [-0.15, -0.1) is 11.3 Å². The van der Waals surface area contributed by atoms with Crippen molar-refractivity contribution >= 4 is 17.0 Å². The Labute approximate surface area is 95.8 Å². The maximum absolute atomic E-state index is 4.45. The topological polar surface area (TPSA) is 25.2 Å². The third-order valence-electron chi connectivity index (χ3n) is 2.01. The lowest BCUT2D eigenvalue weighted by Gasteiger charge is -1.99. The van der Waals surface area contributed by atoms with E-state index >= 15 is 0 Å². The van der Waals surface area contributed by atoms with E-state index in [-0.39, 0.29) is 0 Å². The summed E-state index contributed by atoms with van der Waals surface area (Å²) in [6.45, 7) is 6.25. The molecule has 0 saturated heterocycles. The molecule has 1 rings (SSSR count). The number of aromatic nitrogens is 1. The highest BCUT2D eigenvalue weighted by atomic mass is 32.1. The lowest BCUT2D eigenvalue weighted by Crippen LogP contribution is -1.99. The van der Waals surface area contributed by atoms with Gasteiger partial charge in [-0.25, -0.2) is 4.98 Å². The van der Waals surface area contributed by atoms with Crippen molar-refractivity contribution in [3.8, 4) is 0 Å². The molecule has 2 nitrogen and oxygen atoms in total. The van der Waals surface area contributed by atoms with Crippen LogP contribution in [0.3, 0.4) is 0 Å². The van der Waals surface area contributed by atoms with Crippen LogP contribution in [0.25, 0.3) is 0 Å². The van der Waals surface area contributed by atoms with E-state index < -0.39 is 0 Å². The van der Waals surface area contributed by atoms with Crippen molar-refractivity contribution in [3.63, 3.8) is 0 Å². The van der Waals surface area contributed by atoms with Crippen molar-refractivity contribution in [3.05, 3.63) is 28.4 Å². The summed E-state index contributed by atoms with van der Waals surface area (Å²) in [6, 6.07) is 0. The monoisotopic (exact) mass is 222 g/mol. The van der Waals surface area contributed by atoms with Gasteiger partial charge in [0.1, 0.15) is 5.01 Å². The molecule has 1 heterocycles. The zero-order valence-corrected chi connectivity index (χ0v) is 10.5. The van der Waals surface area contributed by atoms with E-state index in [9.17, 15) is 0 Å². The molecule has 15 heavy (non-hydrogen) atoms. The molecule has 0 unspecified atom stereocenters. The molecule has 0 saturated carbocycles. The van der Waals surface area contributed by atoms with Gasteiger partial charge in [0.15, 0.2) is 0 Å². The molecule has 0 N–H and O–H groups in total. The molecule has 0 amide bonds. The molecule has 0 aliphatic carbocycles. The summed E-state index contributed by atoms with van der Waals surface area (Å²) in [5.74, 6) is 0. The van der Waals surface area contributed by atoms with Crippen LogP contribution >= 0.6 is 11.3 Å². The molecule has 0 aliphatic heterocycles. The van der Waals surface area contributed by atoms with E-state index in [4.69, 9.17) is 0 Å². The van der Waals surface area contributed by atoms with Gasteiger partial charge in [-0.2, -0.15) is 0 Å². The summed E-state index contributed by atoms with van der Waals surface area (Å²) >= 11 is 1.72. The van der Waals surface area contributed by atoms with Crippen molar-refractivity contribution in [1.29, 1.82) is 0 Å². The molecular weight excluding hydrogens is 204 g/mol. The van der Waals surface area contributed by atoms with E-state index in [1.165, 1.54) is 17.7 Å². The van der Waals surface area contributed by atoms with Gasteiger partial charge in [0.05, 0.1) is 5.71 Å². The van der Waals surface area contributed by atoms with Crippen molar-refractivity contribution in [1.82, 2.24) is 4.98 Å².